The molecule has 0 radical (unpaired) electrons. The first-order chi connectivity index (χ1) is 16.6. The molecule has 174 valence electrons. The molecule has 7 nitrogen and oxygen atoms in total. The van der Waals surface area contributed by atoms with Crippen molar-refractivity contribution in [1.29, 1.82) is 0 Å². The summed E-state index contributed by atoms with van der Waals surface area (Å²) in [7, 11) is 0. The zero-order chi connectivity index (χ0) is 23.5. The largest absolute Gasteiger partial charge is 0.366 e. The van der Waals surface area contributed by atoms with Gasteiger partial charge < -0.3 is 10.1 Å². The molecule has 1 saturated heterocycles. The number of ether oxygens (including phenoxy) is 1. The van der Waals surface area contributed by atoms with E-state index in [4.69, 9.17) is 4.74 Å². The topological polar surface area (TPSA) is 83.1 Å². The third-order valence-corrected chi connectivity index (χ3v) is 5.89. The standard InChI is InChI=1S/C25H23F2N5O2/c26-13-16-1-3-21(27)18(11-16)14-32-9-10-34-23(15-32)25(33)29-19-2-4-22-20(12-19)24(31-30-22)17-5-7-28-8-6-17/h1-8,11-12,23H,9-10,13-15H2,(H,29,33)(H,30,31). The lowest BCUT2D eigenvalue weighted by molar-refractivity contribution is -0.133. The summed E-state index contributed by atoms with van der Waals surface area (Å²) in [4.78, 5) is 18.9. The van der Waals surface area contributed by atoms with Crippen molar-refractivity contribution in [2.45, 2.75) is 19.3 Å². The van der Waals surface area contributed by atoms with E-state index in [0.717, 1.165) is 22.2 Å². The van der Waals surface area contributed by atoms with Crippen molar-refractivity contribution in [3.05, 3.63) is 77.9 Å². The number of hydrogen-bond donors (Lipinski definition) is 2. The van der Waals surface area contributed by atoms with Crippen LogP contribution in [0.1, 0.15) is 11.1 Å². The van der Waals surface area contributed by atoms with Gasteiger partial charge in [0.05, 0.1) is 12.1 Å². The quantitative estimate of drug-likeness (QED) is 0.450. The van der Waals surface area contributed by atoms with E-state index in [-0.39, 0.29) is 18.3 Å². The number of fused-ring (bicyclic) bond motifs is 1. The van der Waals surface area contributed by atoms with Gasteiger partial charge in [0.25, 0.3) is 5.91 Å². The van der Waals surface area contributed by atoms with Crippen molar-refractivity contribution in [3.63, 3.8) is 0 Å². The van der Waals surface area contributed by atoms with Gasteiger partial charge in [-0.2, -0.15) is 5.10 Å². The predicted molar refractivity (Wildman–Crippen MR) is 124 cm³/mol. The van der Waals surface area contributed by atoms with Gasteiger partial charge in [0, 0.05) is 54.2 Å². The van der Waals surface area contributed by atoms with Crippen molar-refractivity contribution in [2.75, 3.05) is 25.0 Å². The van der Waals surface area contributed by atoms with Gasteiger partial charge in [0.1, 0.15) is 24.3 Å². The number of hydrogen-bond acceptors (Lipinski definition) is 5. The van der Waals surface area contributed by atoms with Crippen molar-refractivity contribution in [1.82, 2.24) is 20.1 Å². The third-order valence-electron chi connectivity index (χ3n) is 5.89. The monoisotopic (exact) mass is 463 g/mol. The number of alkyl halides is 1. The molecular formula is C25H23F2N5O2. The van der Waals surface area contributed by atoms with E-state index >= 15 is 0 Å². The molecule has 0 aliphatic carbocycles. The summed E-state index contributed by atoms with van der Waals surface area (Å²) < 4.78 is 32.8. The Labute approximate surface area is 194 Å². The summed E-state index contributed by atoms with van der Waals surface area (Å²) in [6.45, 7) is 0.838. The van der Waals surface area contributed by atoms with Crippen LogP contribution in [0, 0.1) is 5.82 Å². The van der Waals surface area contributed by atoms with Crippen LogP contribution >= 0.6 is 0 Å². The molecule has 2 N–H and O–H groups in total. The van der Waals surface area contributed by atoms with Gasteiger partial charge in [-0.05, 0) is 48.0 Å². The minimum absolute atomic E-state index is 0.281. The predicted octanol–water partition coefficient (Wildman–Crippen LogP) is 4.07. The molecule has 1 amide bonds. The summed E-state index contributed by atoms with van der Waals surface area (Å²) in [5.41, 5.74) is 4.00. The minimum atomic E-state index is -0.708. The van der Waals surface area contributed by atoms with E-state index in [1.807, 2.05) is 29.2 Å². The van der Waals surface area contributed by atoms with Crippen molar-refractivity contribution >= 4 is 22.5 Å². The van der Waals surface area contributed by atoms with Crippen LogP contribution in [-0.4, -0.2) is 51.8 Å². The average Bonchev–Trinajstić information content (AvgIpc) is 3.29. The molecule has 1 aliphatic rings. The molecule has 1 atom stereocenters. The maximum atomic E-state index is 14.2. The second-order valence-electron chi connectivity index (χ2n) is 8.21. The number of H-pyrrole nitrogens is 1. The van der Waals surface area contributed by atoms with E-state index in [1.54, 1.807) is 18.5 Å². The van der Waals surface area contributed by atoms with Crippen LogP contribution in [0.4, 0.5) is 14.5 Å². The highest BCUT2D eigenvalue weighted by atomic mass is 19.1. The van der Waals surface area contributed by atoms with Crippen LogP contribution in [0.15, 0.2) is 60.9 Å². The van der Waals surface area contributed by atoms with Crippen molar-refractivity contribution in [2.24, 2.45) is 0 Å². The smallest absolute Gasteiger partial charge is 0.254 e. The maximum Gasteiger partial charge on any atom is 0.254 e. The zero-order valence-corrected chi connectivity index (χ0v) is 18.3. The second kappa shape index (κ2) is 9.66. The highest BCUT2D eigenvalue weighted by Crippen LogP contribution is 2.28. The second-order valence-corrected chi connectivity index (χ2v) is 8.21. The van der Waals surface area contributed by atoms with E-state index in [1.165, 1.54) is 18.2 Å². The molecule has 0 bridgehead atoms. The number of morpholine rings is 1. The number of carbonyl (C=O) groups is 1. The highest BCUT2D eigenvalue weighted by Gasteiger charge is 2.27. The number of aromatic amines is 1. The van der Waals surface area contributed by atoms with Gasteiger partial charge in [0.2, 0.25) is 0 Å². The van der Waals surface area contributed by atoms with E-state index in [9.17, 15) is 13.6 Å². The molecule has 0 spiro atoms. The first kappa shape index (κ1) is 22.1. The first-order valence-electron chi connectivity index (χ1n) is 11.0. The number of nitrogens with zero attached hydrogens (tertiary/aromatic N) is 3. The molecular weight excluding hydrogens is 440 g/mol. The van der Waals surface area contributed by atoms with Crippen molar-refractivity contribution < 1.29 is 18.3 Å². The van der Waals surface area contributed by atoms with Crippen LogP contribution in [0.25, 0.3) is 22.2 Å². The third kappa shape index (κ3) is 4.66. The highest BCUT2D eigenvalue weighted by molar-refractivity contribution is 5.99. The molecule has 5 rings (SSSR count). The molecule has 34 heavy (non-hydrogen) atoms. The zero-order valence-electron chi connectivity index (χ0n) is 18.3. The molecule has 1 aliphatic heterocycles. The fraction of sp³-hybridized carbons (Fsp3) is 0.240. The number of benzene rings is 2. The lowest BCUT2D eigenvalue weighted by atomic mass is 10.1. The molecule has 4 aromatic rings. The van der Waals surface area contributed by atoms with Crippen LogP contribution < -0.4 is 5.32 Å². The Kier molecular flexibility index (Phi) is 6.29. The molecule has 2 aromatic carbocycles. The Morgan fingerprint density at radius 2 is 2.03 bits per heavy atom. The first-order valence-corrected chi connectivity index (χ1v) is 11.0. The summed E-state index contributed by atoms with van der Waals surface area (Å²) >= 11 is 0. The Morgan fingerprint density at radius 3 is 2.85 bits per heavy atom. The molecule has 0 saturated carbocycles. The number of carbonyl (C=O) groups excluding carboxylic acids is 1. The molecule has 2 aromatic heterocycles. The van der Waals surface area contributed by atoms with Gasteiger partial charge >= 0.3 is 0 Å². The Hall–Kier alpha value is -3.69. The lowest BCUT2D eigenvalue weighted by Crippen LogP contribution is -2.47. The van der Waals surface area contributed by atoms with E-state index in [2.05, 4.69) is 20.5 Å². The summed E-state index contributed by atoms with van der Waals surface area (Å²) in [5.74, 6) is -0.668. The Balaban J connectivity index is 1.28. The van der Waals surface area contributed by atoms with Gasteiger partial charge in [-0.25, -0.2) is 8.78 Å². The number of aromatic nitrogens is 3. The number of anilines is 1. The maximum absolute atomic E-state index is 14.2. The number of rotatable bonds is 6. The number of amides is 1. The van der Waals surface area contributed by atoms with Crippen LogP contribution in [-0.2, 0) is 22.8 Å². The van der Waals surface area contributed by atoms with Gasteiger partial charge in [-0.3, -0.25) is 19.8 Å². The Bertz CT molecular complexity index is 1310. The lowest BCUT2D eigenvalue weighted by Gasteiger charge is -2.32. The van der Waals surface area contributed by atoms with Crippen LogP contribution in [0.5, 0.6) is 0 Å². The molecule has 1 fully saturated rings. The fourth-order valence-electron chi connectivity index (χ4n) is 4.12. The molecule has 1 unspecified atom stereocenters. The normalized spacial score (nSPS) is 16.6. The Morgan fingerprint density at radius 1 is 1.18 bits per heavy atom. The van der Waals surface area contributed by atoms with Gasteiger partial charge in [-0.1, -0.05) is 6.07 Å². The van der Waals surface area contributed by atoms with E-state index < -0.39 is 12.8 Å². The molecule has 3 heterocycles. The van der Waals surface area contributed by atoms with Crippen LogP contribution in [0.3, 0.4) is 0 Å². The van der Waals surface area contributed by atoms with Crippen LogP contribution in [0.2, 0.25) is 0 Å². The average molecular weight is 463 g/mol. The summed E-state index contributed by atoms with van der Waals surface area (Å²) in [6.07, 6.45) is 2.70. The SMILES string of the molecule is O=C(Nc1ccc2[nH]nc(-c3ccncc3)c2c1)C1CN(Cc2cc(CF)ccc2F)CCO1. The molecule has 9 heteroatoms. The summed E-state index contributed by atoms with van der Waals surface area (Å²) in [6, 6.07) is 13.5. The minimum Gasteiger partial charge on any atom is -0.366 e. The number of halogens is 2. The van der Waals surface area contributed by atoms with Gasteiger partial charge in [-0.15, -0.1) is 0 Å². The van der Waals surface area contributed by atoms with Crippen molar-refractivity contribution in [3.8, 4) is 11.3 Å². The van der Waals surface area contributed by atoms with E-state index in [0.29, 0.717) is 36.5 Å². The number of nitrogens with one attached hydrogen (secondary N) is 2. The number of pyridine rings is 1. The fourth-order valence-corrected chi connectivity index (χ4v) is 4.12. The van der Waals surface area contributed by atoms with Gasteiger partial charge in [0.15, 0.2) is 0 Å². The summed E-state index contributed by atoms with van der Waals surface area (Å²) in [5, 5.41) is 11.2.